The third kappa shape index (κ3) is 9.01. The second-order valence-electron chi connectivity index (χ2n) is 14.9. The van der Waals surface area contributed by atoms with E-state index in [1.807, 2.05) is 13.0 Å². The molecular formula is C37H57NO10. The molecule has 1 amide bonds. The average Bonchev–Trinajstić information content (AvgIpc) is 3.07. The van der Waals surface area contributed by atoms with Gasteiger partial charge in [-0.2, -0.15) is 0 Å². The molecule has 4 rings (SSSR count). The Labute approximate surface area is 284 Å². The van der Waals surface area contributed by atoms with Crippen LogP contribution in [-0.4, -0.2) is 97.7 Å². The number of aliphatic hydroxyl groups is 4. The molecule has 3 heterocycles. The van der Waals surface area contributed by atoms with Gasteiger partial charge in [0.25, 0.3) is 11.7 Å². The van der Waals surface area contributed by atoms with Gasteiger partial charge in [0.1, 0.15) is 18.2 Å². The van der Waals surface area contributed by atoms with Gasteiger partial charge in [0.2, 0.25) is 5.79 Å². The fourth-order valence-corrected chi connectivity index (χ4v) is 7.73. The summed E-state index contributed by atoms with van der Waals surface area (Å²) in [6.07, 6.45) is 9.22. The molecule has 11 nitrogen and oxygen atoms in total. The monoisotopic (exact) mass is 675 g/mol. The summed E-state index contributed by atoms with van der Waals surface area (Å²) in [5.74, 6) is -7.02. The van der Waals surface area contributed by atoms with Crippen LogP contribution in [-0.2, 0) is 28.7 Å². The van der Waals surface area contributed by atoms with Crippen molar-refractivity contribution in [1.29, 1.82) is 0 Å². The van der Waals surface area contributed by atoms with Gasteiger partial charge in [0.05, 0.1) is 18.3 Å². The highest BCUT2D eigenvalue weighted by molar-refractivity contribution is 6.39. The van der Waals surface area contributed by atoms with Crippen molar-refractivity contribution in [3.05, 3.63) is 24.3 Å². The molecule has 4 N–H and O–H groups in total. The number of ether oxygens (including phenoxy) is 2. The van der Waals surface area contributed by atoms with Crippen LogP contribution in [0.5, 0.6) is 0 Å². The largest absolute Gasteiger partial charge is 0.461 e. The van der Waals surface area contributed by atoms with Crippen LogP contribution >= 0.6 is 0 Å². The number of carbonyl (C=O) groups is 4. The summed E-state index contributed by atoms with van der Waals surface area (Å²) in [6.45, 7) is 7.51. The Hall–Kier alpha value is -2.44. The van der Waals surface area contributed by atoms with E-state index in [4.69, 9.17) is 9.47 Å². The van der Waals surface area contributed by atoms with Crippen molar-refractivity contribution in [2.75, 3.05) is 6.54 Å². The molecule has 12 atom stereocenters. The zero-order valence-corrected chi connectivity index (χ0v) is 29.0. The minimum atomic E-state index is -2.43. The van der Waals surface area contributed by atoms with Crippen molar-refractivity contribution >= 4 is 23.4 Å². The van der Waals surface area contributed by atoms with E-state index in [-0.39, 0.29) is 30.1 Å². The quantitative estimate of drug-likeness (QED) is 0.198. The number of piperidine rings is 1. The van der Waals surface area contributed by atoms with Crippen molar-refractivity contribution in [1.82, 2.24) is 4.90 Å². The molecular weight excluding hydrogens is 618 g/mol. The number of rotatable bonds is 3. The van der Waals surface area contributed by atoms with Crippen LogP contribution in [0.2, 0.25) is 0 Å². The van der Waals surface area contributed by atoms with Gasteiger partial charge >= 0.3 is 5.97 Å². The maximum atomic E-state index is 13.9. The highest BCUT2D eigenvalue weighted by Gasteiger charge is 2.53. The van der Waals surface area contributed by atoms with Crippen LogP contribution < -0.4 is 0 Å². The van der Waals surface area contributed by atoms with E-state index in [1.54, 1.807) is 13.8 Å². The Balaban J connectivity index is 1.60. The number of fused-ring (bicyclic) bond motifs is 3. The molecule has 0 unspecified atom stereocenters. The molecule has 1 aliphatic carbocycles. The maximum absolute atomic E-state index is 13.9. The number of esters is 1. The standard InChI is InChI=1S/C37H57NO10/c1-22-11-7-5-6-8-13-28(39)25(4)31-19-15-24(3)37(46,48-31)34(43)35(44)38-20-10-9-12-27(38)36(45)47-30(18-14-22)23(2)21-26-16-17-29(40)33(42)32(26)41/h7-8,11,13,22-27,29-33,40-42,46H,5-6,9-10,12,14-21H2,1-4H3/b11-7+,13-8+/t22-,23+,24+,25-,26-,27-,29+,30-,31-,32-,33-,37+/m0/s1. The average molecular weight is 676 g/mol. The van der Waals surface area contributed by atoms with Gasteiger partial charge in [-0.05, 0) is 101 Å². The predicted molar refractivity (Wildman–Crippen MR) is 177 cm³/mol. The summed E-state index contributed by atoms with van der Waals surface area (Å²) < 4.78 is 12.1. The number of cyclic esters (lactones) is 1. The molecule has 11 heteroatoms. The number of amides is 1. The van der Waals surface area contributed by atoms with Crippen LogP contribution in [0.15, 0.2) is 24.3 Å². The normalized spacial score (nSPS) is 41.8. The summed E-state index contributed by atoms with van der Waals surface area (Å²) in [5.41, 5.74) is 0. The lowest BCUT2D eigenvalue weighted by molar-refractivity contribution is -0.268. The topological polar surface area (TPSA) is 171 Å². The molecule has 0 aromatic rings. The Morgan fingerprint density at radius 1 is 0.896 bits per heavy atom. The number of carbonyl (C=O) groups excluding carboxylic acids is 4. The molecule has 0 aromatic carbocycles. The maximum Gasteiger partial charge on any atom is 0.329 e. The Bertz CT molecular complexity index is 1200. The van der Waals surface area contributed by atoms with Crippen molar-refractivity contribution in [3.8, 4) is 0 Å². The molecule has 4 aliphatic rings. The van der Waals surface area contributed by atoms with Crippen LogP contribution in [0, 0.1) is 29.6 Å². The summed E-state index contributed by atoms with van der Waals surface area (Å²) in [4.78, 5) is 55.7. The van der Waals surface area contributed by atoms with E-state index in [0.717, 1.165) is 6.42 Å². The minimum Gasteiger partial charge on any atom is -0.461 e. The second kappa shape index (κ2) is 17.0. The first-order valence-corrected chi connectivity index (χ1v) is 18.1. The number of hydrogen-bond acceptors (Lipinski definition) is 10. The molecule has 0 spiro atoms. The Kier molecular flexibility index (Phi) is 13.6. The summed E-state index contributed by atoms with van der Waals surface area (Å²) in [6, 6.07) is -1.02. The van der Waals surface area contributed by atoms with Gasteiger partial charge in [-0.25, -0.2) is 4.79 Å². The number of aliphatic hydroxyl groups excluding tert-OH is 3. The van der Waals surface area contributed by atoms with Crippen molar-refractivity contribution in [2.45, 2.75) is 147 Å². The molecule has 0 aromatic heterocycles. The van der Waals surface area contributed by atoms with E-state index in [0.29, 0.717) is 70.6 Å². The molecule has 2 bridgehead atoms. The third-order valence-electron chi connectivity index (χ3n) is 11.2. The first-order valence-electron chi connectivity index (χ1n) is 18.1. The number of Topliss-reactive ketones (excluding diaryl/α,β-unsaturated/α-hetero) is 1. The third-order valence-corrected chi connectivity index (χ3v) is 11.2. The summed E-state index contributed by atoms with van der Waals surface area (Å²) >= 11 is 0. The van der Waals surface area contributed by atoms with Gasteiger partial charge in [0, 0.05) is 18.4 Å². The smallest absolute Gasteiger partial charge is 0.329 e. The van der Waals surface area contributed by atoms with E-state index >= 15 is 0 Å². The fourth-order valence-electron chi connectivity index (χ4n) is 7.73. The molecule has 3 fully saturated rings. The first-order chi connectivity index (χ1) is 22.7. The van der Waals surface area contributed by atoms with Crippen molar-refractivity contribution in [3.63, 3.8) is 0 Å². The number of allylic oxidation sites excluding steroid dienone is 4. The Morgan fingerprint density at radius 2 is 1.62 bits per heavy atom. The molecule has 2 saturated heterocycles. The molecule has 3 aliphatic heterocycles. The van der Waals surface area contributed by atoms with E-state index in [9.17, 15) is 39.6 Å². The highest BCUT2D eigenvalue weighted by Crippen LogP contribution is 2.38. The van der Waals surface area contributed by atoms with Crippen LogP contribution in [0.4, 0.5) is 0 Å². The summed E-state index contributed by atoms with van der Waals surface area (Å²) in [5, 5.41) is 42.6. The SMILES string of the molecule is C[C@H](C[C@@H]1CC[C@@H](O)[C@H](O)[C@H]1O)[C@@H]1CC[C@@H](C)/C=C/CC/C=C/C(=O)[C@H](C)[C@@H]2CC[C@@H](C)[C@@](O)(O2)C(=O)C(=O)N2CCCC[C@H]2C(=O)O1. The lowest BCUT2D eigenvalue weighted by Gasteiger charge is -2.43. The van der Waals surface area contributed by atoms with E-state index < -0.39 is 71.8 Å². The lowest BCUT2D eigenvalue weighted by Crippen LogP contribution is -2.61. The van der Waals surface area contributed by atoms with E-state index in [1.165, 1.54) is 11.0 Å². The van der Waals surface area contributed by atoms with Crippen molar-refractivity contribution in [2.24, 2.45) is 29.6 Å². The first kappa shape index (κ1) is 38.4. The van der Waals surface area contributed by atoms with Crippen LogP contribution in [0.3, 0.4) is 0 Å². The predicted octanol–water partition coefficient (Wildman–Crippen LogP) is 3.40. The Morgan fingerprint density at radius 3 is 2.38 bits per heavy atom. The molecule has 1 saturated carbocycles. The summed E-state index contributed by atoms with van der Waals surface area (Å²) in [7, 11) is 0. The van der Waals surface area contributed by atoms with Gasteiger partial charge in [-0.3, -0.25) is 14.4 Å². The molecule has 48 heavy (non-hydrogen) atoms. The molecule has 0 radical (unpaired) electrons. The van der Waals surface area contributed by atoms with Crippen LogP contribution in [0.25, 0.3) is 0 Å². The van der Waals surface area contributed by atoms with Gasteiger partial charge in [-0.1, -0.05) is 45.9 Å². The van der Waals surface area contributed by atoms with Gasteiger partial charge < -0.3 is 34.8 Å². The van der Waals surface area contributed by atoms with Crippen LogP contribution in [0.1, 0.15) is 105 Å². The zero-order valence-electron chi connectivity index (χ0n) is 29.0. The van der Waals surface area contributed by atoms with E-state index in [2.05, 4.69) is 19.1 Å². The second-order valence-corrected chi connectivity index (χ2v) is 14.9. The number of nitrogens with zero attached hydrogens (tertiary/aromatic N) is 1. The number of ketones is 2. The lowest BCUT2D eigenvalue weighted by atomic mass is 9.76. The van der Waals surface area contributed by atoms with Crippen molar-refractivity contribution < 1.29 is 49.1 Å². The van der Waals surface area contributed by atoms with Gasteiger partial charge in [-0.15, -0.1) is 0 Å². The van der Waals surface area contributed by atoms with Gasteiger partial charge in [0.15, 0.2) is 5.78 Å². The number of hydrogen-bond donors (Lipinski definition) is 4. The molecule has 270 valence electrons. The fraction of sp³-hybridized carbons (Fsp3) is 0.784. The zero-order chi connectivity index (χ0) is 35.2. The highest BCUT2D eigenvalue weighted by atomic mass is 16.6. The minimum absolute atomic E-state index is 0.147.